The molecule has 0 aromatic heterocycles. The molecule has 0 spiro atoms. The first-order valence-corrected chi connectivity index (χ1v) is 6.00. The van der Waals surface area contributed by atoms with E-state index >= 15 is 0 Å². The molecule has 0 heterocycles. The Bertz CT molecular complexity index is 459. The number of likely N-dealkylation sites (N-methyl/N-ethyl adjacent to an activating group) is 1. The minimum atomic E-state index is -4.49. The highest BCUT2D eigenvalue weighted by Gasteiger charge is 2.34. The fourth-order valence-electron chi connectivity index (χ4n) is 1.86. The molecule has 1 aromatic rings. The summed E-state index contributed by atoms with van der Waals surface area (Å²) in [5.41, 5.74) is -0.0313. The van der Waals surface area contributed by atoms with Gasteiger partial charge < -0.3 is 5.32 Å². The van der Waals surface area contributed by atoms with Crippen LogP contribution in [0.15, 0.2) is 29.8 Å². The van der Waals surface area contributed by atoms with Gasteiger partial charge in [-0.25, -0.2) is 4.39 Å². The first kappa shape index (κ1) is 15.7. The minimum Gasteiger partial charge on any atom is -0.307 e. The third-order valence-electron chi connectivity index (χ3n) is 2.58. The third kappa shape index (κ3) is 4.35. The monoisotopic (exact) mass is 275 g/mol. The highest BCUT2D eigenvalue weighted by molar-refractivity contribution is 5.35. The Hall–Kier alpha value is -1.36. The first-order valence-electron chi connectivity index (χ1n) is 6.00. The molecule has 5 heteroatoms. The number of rotatable bonds is 4. The average Bonchev–Trinajstić information content (AvgIpc) is 2.26. The summed E-state index contributed by atoms with van der Waals surface area (Å²) in [5.74, 6) is -0.673. The van der Waals surface area contributed by atoms with Crippen molar-refractivity contribution in [2.24, 2.45) is 0 Å². The molecule has 1 atom stereocenters. The van der Waals surface area contributed by atoms with Crippen molar-refractivity contribution in [3.63, 3.8) is 0 Å². The van der Waals surface area contributed by atoms with Crippen molar-refractivity contribution in [2.45, 2.75) is 33.0 Å². The highest BCUT2D eigenvalue weighted by Crippen LogP contribution is 2.35. The molecule has 0 saturated heterocycles. The largest absolute Gasteiger partial charge is 0.416 e. The zero-order chi connectivity index (χ0) is 14.6. The van der Waals surface area contributed by atoms with E-state index in [1.807, 2.05) is 0 Å². The molecule has 1 unspecified atom stereocenters. The average molecular weight is 275 g/mol. The molecular formula is C14H17F4N. The molecule has 0 saturated carbocycles. The number of hydrogen-bond donors (Lipinski definition) is 1. The Labute approximate surface area is 110 Å². The van der Waals surface area contributed by atoms with Crippen LogP contribution in [0.4, 0.5) is 17.6 Å². The van der Waals surface area contributed by atoms with Gasteiger partial charge >= 0.3 is 6.18 Å². The molecule has 1 aromatic carbocycles. The number of alkyl halides is 3. The van der Waals surface area contributed by atoms with Crippen LogP contribution >= 0.6 is 0 Å². The lowest BCUT2D eigenvalue weighted by Crippen LogP contribution is -2.23. The minimum absolute atomic E-state index is 0.0875. The van der Waals surface area contributed by atoms with E-state index in [9.17, 15) is 17.6 Å². The molecule has 0 aliphatic heterocycles. The molecule has 1 rings (SSSR count). The van der Waals surface area contributed by atoms with Gasteiger partial charge in [-0.3, -0.25) is 0 Å². The number of allylic oxidation sites excluding steroid dienone is 1. The maximum atomic E-state index is 13.3. The summed E-state index contributed by atoms with van der Waals surface area (Å²) in [7, 11) is 0. The van der Waals surface area contributed by atoms with Gasteiger partial charge in [0.05, 0.1) is 11.6 Å². The van der Waals surface area contributed by atoms with Crippen LogP contribution in [-0.4, -0.2) is 6.54 Å². The van der Waals surface area contributed by atoms with Gasteiger partial charge in [0, 0.05) is 0 Å². The maximum Gasteiger partial charge on any atom is 0.416 e. The molecule has 0 aliphatic rings. The van der Waals surface area contributed by atoms with E-state index in [1.54, 1.807) is 26.8 Å². The van der Waals surface area contributed by atoms with Crippen LogP contribution < -0.4 is 5.32 Å². The Balaban J connectivity index is 3.35. The molecule has 1 N–H and O–H groups in total. The Kier molecular flexibility index (Phi) is 5.11. The Morgan fingerprint density at radius 3 is 2.42 bits per heavy atom. The first-order chi connectivity index (χ1) is 8.75. The van der Waals surface area contributed by atoms with Crippen molar-refractivity contribution in [1.29, 1.82) is 0 Å². The molecular weight excluding hydrogens is 258 g/mol. The zero-order valence-corrected chi connectivity index (χ0v) is 11.1. The van der Waals surface area contributed by atoms with E-state index in [0.29, 0.717) is 6.54 Å². The second kappa shape index (κ2) is 6.19. The molecule has 106 valence electrons. The smallest absolute Gasteiger partial charge is 0.307 e. The van der Waals surface area contributed by atoms with E-state index in [2.05, 4.69) is 5.32 Å². The third-order valence-corrected chi connectivity index (χ3v) is 2.58. The van der Waals surface area contributed by atoms with E-state index in [4.69, 9.17) is 0 Å². The molecule has 0 fully saturated rings. The predicted octanol–water partition coefficient (Wildman–Crippen LogP) is 4.46. The summed E-state index contributed by atoms with van der Waals surface area (Å²) >= 11 is 0. The number of nitrogens with one attached hydrogen (secondary N) is 1. The highest BCUT2D eigenvalue weighted by atomic mass is 19.4. The second-order valence-corrected chi connectivity index (χ2v) is 4.51. The summed E-state index contributed by atoms with van der Waals surface area (Å²) in [5, 5.41) is 2.93. The van der Waals surface area contributed by atoms with Gasteiger partial charge in [-0.15, -0.1) is 0 Å². The van der Waals surface area contributed by atoms with Crippen molar-refractivity contribution in [3.05, 3.63) is 46.8 Å². The van der Waals surface area contributed by atoms with Crippen LogP contribution in [0.3, 0.4) is 0 Å². The van der Waals surface area contributed by atoms with Gasteiger partial charge in [-0.05, 0) is 44.2 Å². The lowest BCUT2D eigenvalue weighted by atomic mass is 9.98. The molecule has 0 amide bonds. The standard InChI is InChI=1S/C14H17F4N/c1-4-19-13(7-9(2)3)11-8-10(15)5-6-12(11)14(16,17)18/h5-8,13,19H,4H2,1-3H3. The van der Waals surface area contributed by atoms with Gasteiger partial charge in [0.2, 0.25) is 0 Å². The van der Waals surface area contributed by atoms with Gasteiger partial charge in [0.15, 0.2) is 0 Å². The van der Waals surface area contributed by atoms with Crippen LogP contribution in [0, 0.1) is 5.82 Å². The molecule has 1 nitrogen and oxygen atoms in total. The molecule has 0 aliphatic carbocycles. The molecule has 19 heavy (non-hydrogen) atoms. The van der Waals surface area contributed by atoms with E-state index < -0.39 is 23.6 Å². The number of halogens is 4. The normalized spacial score (nSPS) is 13.2. The zero-order valence-electron chi connectivity index (χ0n) is 11.1. The van der Waals surface area contributed by atoms with Crippen LogP contribution in [0.25, 0.3) is 0 Å². The van der Waals surface area contributed by atoms with Crippen LogP contribution in [0.5, 0.6) is 0 Å². The molecule has 0 radical (unpaired) electrons. The van der Waals surface area contributed by atoms with Gasteiger partial charge in [-0.2, -0.15) is 13.2 Å². The topological polar surface area (TPSA) is 12.0 Å². The van der Waals surface area contributed by atoms with Crippen molar-refractivity contribution in [3.8, 4) is 0 Å². The van der Waals surface area contributed by atoms with Crippen LogP contribution in [0.1, 0.15) is 37.9 Å². The SMILES string of the molecule is CCNC(C=C(C)C)c1cc(F)ccc1C(F)(F)F. The van der Waals surface area contributed by atoms with Gasteiger partial charge in [0.1, 0.15) is 5.82 Å². The van der Waals surface area contributed by atoms with Gasteiger partial charge in [-0.1, -0.05) is 18.6 Å². The molecule has 0 bridgehead atoms. The maximum absolute atomic E-state index is 13.3. The summed E-state index contributed by atoms with van der Waals surface area (Å²) in [6.07, 6.45) is -2.83. The van der Waals surface area contributed by atoms with Crippen LogP contribution in [0.2, 0.25) is 0 Å². The van der Waals surface area contributed by atoms with E-state index in [1.165, 1.54) is 0 Å². The van der Waals surface area contributed by atoms with Crippen LogP contribution in [-0.2, 0) is 6.18 Å². The Morgan fingerprint density at radius 1 is 1.32 bits per heavy atom. The summed E-state index contributed by atoms with van der Waals surface area (Å²) in [6, 6.07) is 1.91. The fourth-order valence-corrected chi connectivity index (χ4v) is 1.86. The lowest BCUT2D eigenvalue weighted by molar-refractivity contribution is -0.138. The van der Waals surface area contributed by atoms with E-state index in [0.717, 1.165) is 23.8 Å². The summed E-state index contributed by atoms with van der Waals surface area (Å²) in [6.45, 7) is 5.86. The number of benzene rings is 1. The summed E-state index contributed by atoms with van der Waals surface area (Å²) in [4.78, 5) is 0. The van der Waals surface area contributed by atoms with Gasteiger partial charge in [0.25, 0.3) is 0 Å². The Morgan fingerprint density at radius 2 is 1.95 bits per heavy atom. The fraction of sp³-hybridized carbons (Fsp3) is 0.429. The van der Waals surface area contributed by atoms with E-state index in [-0.39, 0.29) is 5.56 Å². The quantitative estimate of drug-likeness (QED) is 0.632. The second-order valence-electron chi connectivity index (χ2n) is 4.51. The van der Waals surface area contributed by atoms with Crippen molar-refractivity contribution in [1.82, 2.24) is 5.32 Å². The summed E-state index contributed by atoms with van der Waals surface area (Å²) < 4.78 is 52.1. The number of hydrogen-bond acceptors (Lipinski definition) is 1. The van der Waals surface area contributed by atoms with Crippen molar-refractivity contribution in [2.75, 3.05) is 6.54 Å². The van der Waals surface area contributed by atoms with Crippen molar-refractivity contribution < 1.29 is 17.6 Å². The predicted molar refractivity (Wildman–Crippen MR) is 67.3 cm³/mol. The van der Waals surface area contributed by atoms with Crippen molar-refractivity contribution >= 4 is 0 Å². The lowest BCUT2D eigenvalue weighted by Gasteiger charge is -2.20.